The predicted octanol–water partition coefficient (Wildman–Crippen LogP) is 2.25. The van der Waals surface area contributed by atoms with Crippen LogP contribution in [-0.2, 0) is 0 Å². The summed E-state index contributed by atoms with van der Waals surface area (Å²) < 4.78 is 10.6. The van der Waals surface area contributed by atoms with Crippen LogP contribution in [0.15, 0.2) is 47.7 Å². The molecule has 0 atom stereocenters. The number of ether oxygens (including phenoxy) is 2. The first kappa shape index (κ1) is 16.1. The predicted molar refractivity (Wildman–Crippen MR) is 95.2 cm³/mol. The van der Waals surface area contributed by atoms with E-state index in [4.69, 9.17) is 9.47 Å². The van der Waals surface area contributed by atoms with Crippen molar-refractivity contribution in [3.8, 4) is 11.5 Å². The number of anilines is 1. The van der Waals surface area contributed by atoms with Crippen LogP contribution in [0, 0.1) is 0 Å². The van der Waals surface area contributed by atoms with Gasteiger partial charge in [-0.15, -0.1) is 0 Å². The van der Waals surface area contributed by atoms with E-state index in [2.05, 4.69) is 20.0 Å². The number of benzene rings is 1. The molecule has 0 bridgehead atoms. The minimum atomic E-state index is 0.784. The molecule has 0 N–H and O–H groups in total. The molecule has 1 fully saturated rings. The molecule has 1 aromatic carbocycles. The highest BCUT2D eigenvalue weighted by molar-refractivity contribution is 5.84. The van der Waals surface area contributed by atoms with Gasteiger partial charge in [-0.1, -0.05) is 6.07 Å². The Morgan fingerprint density at radius 1 is 1.04 bits per heavy atom. The summed E-state index contributed by atoms with van der Waals surface area (Å²) in [5.41, 5.74) is 0.906. The Morgan fingerprint density at radius 3 is 2.54 bits per heavy atom. The second-order valence-corrected chi connectivity index (χ2v) is 5.48. The summed E-state index contributed by atoms with van der Waals surface area (Å²) in [6, 6.07) is 11.7. The van der Waals surface area contributed by atoms with Crippen molar-refractivity contribution in [2.45, 2.75) is 0 Å². The van der Waals surface area contributed by atoms with Gasteiger partial charge < -0.3 is 14.4 Å². The largest absolute Gasteiger partial charge is 0.497 e. The number of methoxy groups -OCH3 is 2. The van der Waals surface area contributed by atoms with Crippen LogP contribution in [0.2, 0.25) is 0 Å². The molecule has 1 aliphatic heterocycles. The number of hydrogen-bond donors (Lipinski definition) is 0. The molecule has 0 spiro atoms. The summed E-state index contributed by atoms with van der Waals surface area (Å²) in [7, 11) is 3.31. The van der Waals surface area contributed by atoms with Gasteiger partial charge in [-0.2, -0.15) is 5.10 Å². The van der Waals surface area contributed by atoms with Crippen LogP contribution in [0.25, 0.3) is 0 Å². The van der Waals surface area contributed by atoms with Crippen molar-refractivity contribution in [1.82, 2.24) is 9.99 Å². The summed E-state index contributed by atoms with van der Waals surface area (Å²) in [5, 5.41) is 6.66. The zero-order valence-corrected chi connectivity index (χ0v) is 14.1. The fourth-order valence-electron chi connectivity index (χ4n) is 2.67. The maximum Gasteiger partial charge on any atom is 0.128 e. The third-order valence-corrected chi connectivity index (χ3v) is 4.03. The molecule has 126 valence electrons. The van der Waals surface area contributed by atoms with Crippen LogP contribution < -0.4 is 14.4 Å². The molecular formula is C18H22N4O2. The van der Waals surface area contributed by atoms with Gasteiger partial charge in [-0.3, -0.25) is 5.01 Å². The highest BCUT2D eigenvalue weighted by Crippen LogP contribution is 2.22. The van der Waals surface area contributed by atoms with E-state index in [9.17, 15) is 0 Å². The molecule has 2 heterocycles. The summed E-state index contributed by atoms with van der Waals surface area (Å²) in [6.07, 6.45) is 3.66. The van der Waals surface area contributed by atoms with Crippen molar-refractivity contribution in [2.24, 2.45) is 5.10 Å². The highest BCUT2D eigenvalue weighted by Gasteiger charge is 2.16. The number of hydrogen-bond acceptors (Lipinski definition) is 6. The second kappa shape index (κ2) is 7.68. The molecule has 6 nitrogen and oxygen atoms in total. The van der Waals surface area contributed by atoms with Gasteiger partial charge in [0.25, 0.3) is 0 Å². The first-order valence-electron chi connectivity index (χ1n) is 7.97. The average Bonchev–Trinajstić information content (AvgIpc) is 2.67. The van der Waals surface area contributed by atoms with Crippen LogP contribution in [0.5, 0.6) is 11.5 Å². The van der Waals surface area contributed by atoms with Gasteiger partial charge in [0.2, 0.25) is 0 Å². The summed E-state index contributed by atoms with van der Waals surface area (Å²) in [5.74, 6) is 2.60. The second-order valence-electron chi connectivity index (χ2n) is 5.48. The van der Waals surface area contributed by atoms with Crippen LogP contribution in [0.4, 0.5) is 5.82 Å². The monoisotopic (exact) mass is 326 g/mol. The normalized spacial score (nSPS) is 14.9. The van der Waals surface area contributed by atoms with Crippen LogP contribution in [0.3, 0.4) is 0 Å². The number of nitrogens with zero attached hydrogens (tertiary/aromatic N) is 4. The topological polar surface area (TPSA) is 50.2 Å². The van der Waals surface area contributed by atoms with Crippen LogP contribution >= 0.6 is 0 Å². The molecule has 1 aliphatic rings. The fourth-order valence-corrected chi connectivity index (χ4v) is 2.67. The zero-order chi connectivity index (χ0) is 16.8. The lowest BCUT2D eigenvalue weighted by molar-refractivity contribution is 0.271. The van der Waals surface area contributed by atoms with Gasteiger partial charge in [-0.25, -0.2) is 4.98 Å². The van der Waals surface area contributed by atoms with E-state index in [1.807, 2.05) is 48.8 Å². The van der Waals surface area contributed by atoms with Crippen molar-refractivity contribution in [3.63, 3.8) is 0 Å². The van der Waals surface area contributed by atoms with E-state index in [0.717, 1.165) is 49.1 Å². The van der Waals surface area contributed by atoms with Crippen molar-refractivity contribution in [1.29, 1.82) is 0 Å². The Balaban J connectivity index is 1.63. The average molecular weight is 326 g/mol. The van der Waals surface area contributed by atoms with Gasteiger partial charge in [0.15, 0.2) is 0 Å². The molecule has 0 unspecified atom stereocenters. The maximum absolute atomic E-state index is 5.38. The standard InChI is InChI=1S/C18H22N4O2/c1-23-16-6-7-17(24-2)15(13-16)14-20-22-11-9-21(10-12-22)18-5-3-4-8-19-18/h3-8,13-14H,9-12H2,1-2H3. The number of pyridine rings is 1. The number of hydrazone groups is 1. The van der Waals surface area contributed by atoms with Crippen molar-refractivity contribution < 1.29 is 9.47 Å². The SMILES string of the molecule is COc1ccc(OC)c(C=NN2CCN(c3ccccn3)CC2)c1. The van der Waals surface area contributed by atoms with Crippen molar-refractivity contribution in [3.05, 3.63) is 48.2 Å². The Hall–Kier alpha value is -2.76. The van der Waals surface area contributed by atoms with Gasteiger partial charge in [0.05, 0.1) is 33.5 Å². The molecule has 3 rings (SSSR count). The number of aromatic nitrogens is 1. The minimum absolute atomic E-state index is 0.784. The lowest BCUT2D eigenvalue weighted by atomic mass is 10.2. The Kier molecular flexibility index (Phi) is 5.15. The quantitative estimate of drug-likeness (QED) is 0.789. The number of rotatable bonds is 5. The molecule has 6 heteroatoms. The van der Waals surface area contributed by atoms with E-state index >= 15 is 0 Å². The minimum Gasteiger partial charge on any atom is -0.497 e. The molecule has 0 aliphatic carbocycles. The molecular weight excluding hydrogens is 304 g/mol. The van der Waals surface area contributed by atoms with E-state index in [1.165, 1.54) is 0 Å². The highest BCUT2D eigenvalue weighted by atomic mass is 16.5. The van der Waals surface area contributed by atoms with Crippen LogP contribution in [-0.4, -0.2) is 56.6 Å². The summed E-state index contributed by atoms with van der Waals surface area (Å²) in [4.78, 5) is 6.68. The van der Waals surface area contributed by atoms with Gasteiger partial charge in [-0.05, 0) is 30.3 Å². The molecule has 1 saturated heterocycles. The van der Waals surface area contributed by atoms with Gasteiger partial charge in [0, 0.05) is 24.8 Å². The first-order valence-corrected chi connectivity index (χ1v) is 7.97. The zero-order valence-electron chi connectivity index (χ0n) is 14.1. The molecule has 0 saturated carbocycles. The summed E-state index contributed by atoms with van der Waals surface area (Å²) >= 11 is 0. The van der Waals surface area contributed by atoms with E-state index in [0.29, 0.717) is 0 Å². The smallest absolute Gasteiger partial charge is 0.128 e. The molecule has 0 radical (unpaired) electrons. The molecule has 24 heavy (non-hydrogen) atoms. The lowest BCUT2D eigenvalue weighted by Gasteiger charge is -2.33. The number of piperazine rings is 1. The van der Waals surface area contributed by atoms with Crippen LogP contribution in [0.1, 0.15) is 5.56 Å². The van der Waals surface area contributed by atoms with Crippen molar-refractivity contribution >= 4 is 12.0 Å². The Morgan fingerprint density at radius 2 is 1.88 bits per heavy atom. The third kappa shape index (κ3) is 3.76. The fraction of sp³-hybridized carbons (Fsp3) is 0.333. The first-order chi connectivity index (χ1) is 11.8. The Bertz CT molecular complexity index is 683. The maximum atomic E-state index is 5.38. The van der Waals surface area contributed by atoms with Gasteiger partial charge in [0.1, 0.15) is 17.3 Å². The Labute approximate surface area is 142 Å². The third-order valence-electron chi connectivity index (χ3n) is 4.03. The van der Waals surface area contributed by atoms with E-state index in [1.54, 1.807) is 14.2 Å². The molecule has 2 aromatic rings. The molecule has 0 amide bonds. The summed E-state index contributed by atoms with van der Waals surface area (Å²) in [6.45, 7) is 3.53. The van der Waals surface area contributed by atoms with Gasteiger partial charge >= 0.3 is 0 Å². The molecule has 1 aromatic heterocycles. The lowest BCUT2D eigenvalue weighted by Crippen LogP contribution is -2.44. The van der Waals surface area contributed by atoms with Crippen molar-refractivity contribution in [2.75, 3.05) is 45.3 Å². The van der Waals surface area contributed by atoms with E-state index < -0.39 is 0 Å². The van der Waals surface area contributed by atoms with E-state index in [-0.39, 0.29) is 0 Å².